The number of aromatic nitrogens is 3. The quantitative estimate of drug-likeness (QED) is 0.184. The zero-order chi connectivity index (χ0) is 32.6. The van der Waals surface area contributed by atoms with E-state index in [1.807, 2.05) is 36.4 Å². The Bertz CT molecular complexity index is 2460. The normalized spacial score (nSPS) is 11.3. The molecule has 0 saturated heterocycles. The summed E-state index contributed by atoms with van der Waals surface area (Å²) < 4.78 is 6.33. The maximum absolute atomic E-state index is 6.33. The van der Waals surface area contributed by atoms with Crippen LogP contribution in [0.25, 0.3) is 89.5 Å². The molecule has 2 heterocycles. The Morgan fingerprint density at radius 2 is 0.714 bits per heavy atom. The minimum absolute atomic E-state index is 0.602. The van der Waals surface area contributed by atoms with E-state index in [0.717, 1.165) is 72.0 Å². The zero-order valence-corrected chi connectivity index (χ0v) is 26.5. The summed E-state index contributed by atoms with van der Waals surface area (Å²) in [4.78, 5) is 15.4. The van der Waals surface area contributed by atoms with Crippen LogP contribution in [0, 0.1) is 0 Å². The lowest BCUT2D eigenvalue weighted by atomic mass is 9.96. The number of hydrogen-bond acceptors (Lipinski definition) is 4. The summed E-state index contributed by atoms with van der Waals surface area (Å²) in [5, 5.41) is 2.08. The van der Waals surface area contributed by atoms with Gasteiger partial charge in [-0.15, -0.1) is 0 Å². The molecule has 0 amide bonds. The summed E-state index contributed by atoms with van der Waals surface area (Å²) in [6, 6.07) is 60.4. The molecule has 9 rings (SSSR count). The van der Waals surface area contributed by atoms with Crippen LogP contribution in [0.4, 0.5) is 0 Å². The fourth-order valence-corrected chi connectivity index (χ4v) is 6.45. The van der Waals surface area contributed by atoms with Crippen molar-refractivity contribution >= 4 is 21.9 Å². The van der Waals surface area contributed by atoms with Crippen LogP contribution in [-0.4, -0.2) is 15.0 Å². The molecule has 0 aliphatic heterocycles. The van der Waals surface area contributed by atoms with Crippen molar-refractivity contribution in [2.24, 2.45) is 0 Å². The molecule has 230 valence electrons. The topological polar surface area (TPSA) is 51.8 Å². The third-order valence-electron chi connectivity index (χ3n) is 8.98. The Balaban J connectivity index is 1.25. The highest BCUT2D eigenvalue weighted by Crippen LogP contribution is 2.39. The van der Waals surface area contributed by atoms with Crippen LogP contribution < -0.4 is 0 Å². The first-order valence-corrected chi connectivity index (χ1v) is 16.4. The third kappa shape index (κ3) is 5.45. The molecule has 7 aromatic carbocycles. The Morgan fingerprint density at radius 3 is 1.27 bits per heavy atom. The number of benzene rings is 7. The molecule has 4 heteroatoms. The van der Waals surface area contributed by atoms with Gasteiger partial charge in [-0.3, -0.25) is 0 Å². The van der Waals surface area contributed by atoms with Gasteiger partial charge in [0.2, 0.25) is 0 Å². The van der Waals surface area contributed by atoms with Crippen LogP contribution >= 0.6 is 0 Å². The van der Waals surface area contributed by atoms with Crippen molar-refractivity contribution < 1.29 is 4.42 Å². The van der Waals surface area contributed by atoms with E-state index in [4.69, 9.17) is 19.4 Å². The van der Waals surface area contributed by atoms with E-state index >= 15 is 0 Å². The summed E-state index contributed by atoms with van der Waals surface area (Å²) in [5.41, 5.74) is 11.1. The van der Waals surface area contributed by atoms with E-state index in [-0.39, 0.29) is 0 Å². The molecule has 0 spiro atoms. The van der Waals surface area contributed by atoms with E-state index < -0.39 is 0 Å². The summed E-state index contributed by atoms with van der Waals surface area (Å²) in [5.74, 6) is 1.83. The summed E-state index contributed by atoms with van der Waals surface area (Å²) in [6.07, 6.45) is 0. The van der Waals surface area contributed by atoms with E-state index in [2.05, 4.69) is 140 Å². The molecular weight excluding hydrogens is 599 g/mol. The molecule has 0 unspecified atom stereocenters. The van der Waals surface area contributed by atoms with Crippen LogP contribution in [0.1, 0.15) is 0 Å². The minimum atomic E-state index is 0.602. The maximum Gasteiger partial charge on any atom is 0.164 e. The fraction of sp³-hybridized carbons (Fsp3) is 0. The molecule has 0 saturated carbocycles. The van der Waals surface area contributed by atoms with Gasteiger partial charge >= 0.3 is 0 Å². The highest BCUT2D eigenvalue weighted by molar-refractivity contribution is 6.08. The first-order valence-electron chi connectivity index (χ1n) is 16.4. The highest BCUT2D eigenvalue weighted by atomic mass is 16.3. The SMILES string of the molecule is c1ccc(-c2ccc(-c3nc(-c4ccc(-c5ccccc5)cc4)nc(-c4cc5c(cc4-c4ccccc4)oc4ccccc45)n3)cc2)cc1. The van der Waals surface area contributed by atoms with Crippen LogP contribution in [0.5, 0.6) is 0 Å². The van der Waals surface area contributed by atoms with E-state index in [1.165, 1.54) is 0 Å². The van der Waals surface area contributed by atoms with Gasteiger partial charge in [0.15, 0.2) is 17.5 Å². The van der Waals surface area contributed by atoms with Gasteiger partial charge in [0.05, 0.1) is 0 Å². The maximum atomic E-state index is 6.33. The van der Waals surface area contributed by atoms with Gasteiger partial charge < -0.3 is 4.42 Å². The van der Waals surface area contributed by atoms with E-state index in [0.29, 0.717) is 17.5 Å². The molecule has 4 nitrogen and oxygen atoms in total. The molecule has 0 radical (unpaired) electrons. The average Bonchev–Trinajstić information content (AvgIpc) is 3.56. The van der Waals surface area contributed by atoms with Gasteiger partial charge in [0, 0.05) is 27.5 Å². The van der Waals surface area contributed by atoms with Gasteiger partial charge in [0.1, 0.15) is 11.2 Å². The predicted molar refractivity (Wildman–Crippen MR) is 200 cm³/mol. The predicted octanol–water partition coefficient (Wildman–Crippen LogP) is 11.8. The summed E-state index contributed by atoms with van der Waals surface area (Å²) >= 11 is 0. The molecular formula is C45H29N3O. The molecule has 0 bridgehead atoms. The van der Waals surface area contributed by atoms with Crippen LogP contribution in [0.3, 0.4) is 0 Å². The lowest BCUT2D eigenvalue weighted by Gasteiger charge is -2.13. The van der Waals surface area contributed by atoms with Crippen molar-refractivity contribution in [1.29, 1.82) is 0 Å². The Labute approximate surface area is 284 Å². The third-order valence-corrected chi connectivity index (χ3v) is 8.98. The van der Waals surface area contributed by atoms with Crippen LogP contribution in [-0.2, 0) is 0 Å². The molecule has 0 atom stereocenters. The monoisotopic (exact) mass is 627 g/mol. The first kappa shape index (κ1) is 28.6. The van der Waals surface area contributed by atoms with Gasteiger partial charge in [-0.1, -0.05) is 158 Å². The first-order chi connectivity index (χ1) is 24.3. The lowest BCUT2D eigenvalue weighted by molar-refractivity contribution is 0.669. The number of fused-ring (bicyclic) bond motifs is 3. The second-order valence-corrected chi connectivity index (χ2v) is 12.1. The van der Waals surface area contributed by atoms with Crippen molar-refractivity contribution in [2.45, 2.75) is 0 Å². The largest absolute Gasteiger partial charge is 0.456 e. The number of hydrogen-bond donors (Lipinski definition) is 0. The minimum Gasteiger partial charge on any atom is -0.456 e. The fourth-order valence-electron chi connectivity index (χ4n) is 6.45. The Kier molecular flexibility index (Phi) is 7.10. The summed E-state index contributed by atoms with van der Waals surface area (Å²) in [6.45, 7) is 0. The zero-order valence-electron chi connectivity index (χ0n) is 26.5. The molecule has 0 N–H and O–H groups in total. The number of nitrogens with zero attached hydrogens (tertiary/aromatic N) is 3. The lowest BCUT2D eigenvalue weighted by Crippen LogP contribution is -2.01. The van der Waals surface area contributed by atoms with Gasteiger partial charge in [0.25, 0.3) is 0 Å². The Hall–Kier alpha value is -6.65. The van der Waals surface area contributed by atoms with E-state index in [9.17, 15) is 0 Å². The molecule has 0 fully saturated rings. The molecule has 2 aromatic heterocycles. The van der Waals surface area contributed by atoms with Crippen LogP contribution in [0.15, 0.2) is 180 Å². The van der Waals surface area contributed by atoms with Crippen molar-refractivity contribution in [3.63, 3.8) is 0 Å². The number of rotatable bonds is 6. The average molecular weight is 628 g/mol. The van der Waals surface area contributed by atoms with Crippen molar-refractivity contribution in [3.05, 3.63) is 176 Å². The molecule has 0 aliphatic rings. The summed E-state index contributed by atoms with van der Waals surface area (Å²) in [7, 11) is 0. The van der Waals surface area contributed by atoms with Crippen molar-refractivity contribution in [3.8, 4) is 67.5 Å². The van der Waals surface area contributed by atoms with E-state index in [1.54, 1.807) is 0 Å². The van der Waals surface area contributed by atoms with Gasteiger partial charge in [-0.05, 0) is 51.6 Å². The standard InChI is InChI=1S/C45H29N3O/c1-4-12-30(13-5-1)32-20-24-35(25-21-32)43-46-44(36-26-22-33(23-27-36)31-14-6-2-7-15-31)48-45(47-43)40-28-39-37-18-10-11-19-41(37)49-42(39)29-38(40)34-16-8-3-9-17-34/h1-29H. The van der Waals surface area contributed by atoms with Crippen LogP contribution in [0.2, 0.25) is 0 Å². The van der Waals surface area contributed by atoms with Gasteiger partial charge in [-0.2, -0.15) is 0 Å². The molecule has 49 heavy (non-hydrogen) atoms. The smallest absolute Gasteiger partial charge is 0.164 e. The highest BCUT2D eigenvalue weighted by Gasteiger charge is 2.19. The van der Waals surface area contributed by atoms with Crippen molar-refractivity contribution in [1.82, 2.24) is 15.0 Å². The van der Waals surface area contributed by atoms with Crippen molar-refractivity contribution in [2.75, 3.05) is 0 Å². The Morgan fingerprint density at radius 1 is 0.286 bits per heavy atom. The number of furan rings is 1. The van der Waals surface area contributed by atoms with Gasteiger partial charge in [-0.25, -0.2) is 15.0 Å². The second-order valence-electron chi connectivity index (χ2n) is 12.1. The second kappa shape index (κ2) is 12.2. The molecule has 9 aromatic rings. The number of para-hydroxylation sites is 1. The molecule has 0 aliphatic carbocycles.